The van der Waals surface area contributed by atoms with E-state index >= 15 is 0 Å². The summed E-state index contributed by atoms with van der Waals surface area (Å²) in [7, 11) is 1.80. The van der Waals surface area contributed by atoms with E-state index in [4.69, 9.17) is 16.3 Å². The maximum atomic E-state index is 6.28. The van der Waals surface area contributed by atoms with Crippen molar-refractivity contribution in [2.45, 2.75) is 25.8 Å². The molecule has 6 nitrogen and oxygen atoms in total. The average Bonchev–Trinajstić information content (AvgIpc) is 3.17. The summed E-state index contributed by atoms with van der Waals surface area (Å²) in [5.74, 6) is 2.62. The van der Waals surface area contributed by atoms with E-state index < -0.39 is 0 Å². The number of aromatic nitrogens is 1. The highest BCUT2D eigenvalue weighted by Crippen LogP contribution is 2.25. The quantitative estimate of drug-likeness (QED) is 0.551. The second-order valence-corrected chi connectivity index (χ2v) is 7.08. The number of halogens is 1. The van der Waals surface area contributed by atoms with Gasteiger partial charge >= 0.3 is 0 Å². The lowest BCUT2D eigenvalue weighted by atomic mass is 10.1. The number of nitrogens with one attached hydrogen (secondary N) is 2. The van der Waals surface area contributed by atoms with Gasteiger partial charge in [0.05, 0.1) is 11.6 Å². The molecule has 2 aromatic rings. The minimum Gasteiger partial charge on any atom is -0.494 e. The van der Waals surface area contributed by atoms with Gasteiger partial charge in [0.25, 0.3) is 0 Å². The van der Waals surface area contributed by atoms with E-state index in [-0.39, 0.29) is 0 Å². The molecule has 1 aliphatic rings. The second-order valence-electron chi connectivity index (χ2n) is 6.67. The summed E-state index contributed by atoms with van der Waals surface area (Å²) in [5.41, 5.74) is 1.20. The molecule has 1 aromatic heterocycles. The maximum absolute atomic E-state index is 6.28. The Kier molecular flexibility index (Phi) is 7.37. The van der Waals surface area contributed by atoms with E-state index in [0.717, 1.165) is 50.0 Å². The highest BCUT2D eigenvalue weighted by atomic mass is 35.5. The zero-order chi connectivity index (χ0) is 19.8. The van der Waals surface area contributed by atoms with Crippen LogP contribution in [0.4, 0.5) is 5.82 Å². The van der Waals surface area contributed by atoms with Crippen LogP contribution in [0.1, 0.15) is 18.9 Å². The van der Waals surface area contributed by atoms with Gasteiger partial charge in [0.2, 0.25) is 0 Å². The largest absolute Gasteiger partial charge is 0.494 e. The van der Waals surface area contributed by atoms with Gasteiger partial charge in [0.1, 0.15) is 11.6 Å². The van der Waals surface area contributed by atoms with Crippen molar-refractivity contribution < 1.29 is 4.74 Å². The molecule has 0 aliphatic carbocycles. The molecule has 0 radical (unpaired) electrons. The zero-order valence-electron chi connectivity index (χ0n) is 16.5. The fourth-order valence-corrected chi connectivity index (χ4v) is 3.63. The summed E-state index contributed by atoms with van der Waals surface area (Å²) in [6.45, 7) is 5.24. The van der Waals surface area contributed by atoms with Crippen LogP contribution in [0.5, 0.6) is 5.75 Å². The number of pyridine rings is 1. The van der Waals surface area contributed by atoms with Crippen molar-refractivity contribution in [3.8, 4) is 5.75 Å². The molecule has 28 heavy (non-hydrogen) atoms. The van der Waals surface area contributed by atoms with Crippen LogP contribution >= 0.6 is 11.6 Å². The number of rotatable bonds is 7. The number of guanidine groups is 1. The van der Waals surface area contributed by atoms with Crippen LogP contribution < -0.4 is 20.3 Å². The molecule has 7 heteroatoms. The van der Waals surface area contributed by atoms with Crippen molar-refractivity contribution in [3.63, 3.8) is 0 Å². The first-order valence-electron chi connectivity index (χ1n) is 9.74. The second kappa shape index (κ2) is 10.2. The van der Waals surface area contributed by atoms with E-state index in [1.165, 1.54) is 5.56 Å². The van der Waals surface area contributed by atoms with Crippen LogP contribution in [0.15, 0.2) is 47.6 Å². The van der Waals surface area contributed by atoms with Gasteiger partial charge in [-0.05, 0) is 43.5 Å². The summed E-state index contributed by atoms with van der Waals surface area (Å²) >= 11 is 6.28. The SMILES string of the molecule is CCOc1ccccc1CCNC(=NC)NC1CCN(c2ncccc2Cl)C1. The van der Waals surface area contributed by atoms with E-state index in [9.17, 15) is 0 Å². The molecule has 3 rings (SSSR count). The fraction of sp³-hybridized carbons (Fsp3) is 0.429. The predicted molar refractivity (Wildman–Crippen MR) is 116 cm³/mol. The number of benzene rings is 1. The van der Waals surface area contributed by atoms with Crippen LogP contribution in [0.3, 0.4) is 0 Å². The van der Waals surface area contributed by atoms with Gasteiger partial charge in [0, 0.05) is 38.9 Å². The molecule has 0 spiro atoms. The lowest BCUT2D eigenvalue weighted by Crippen LogP contribution is -2.45. The molecule has 2 heterocycles. The number of anilines is 1. The third-order valence-electron chi connectivity index (χ3n) is 4.75. The Morgan fingerprint density at radius 3 is 2.96 bits per heavy atom. The van der Waals surface area contributed by atoms with E-state index in [2.05, 4.69) is 31.6 Å². The molecule has 1 saturated heterocycles. The fourth-order valence-electron chi connectivity index (χ4n) is 3.39. The molecule has 2 N–H and O–H groups in total. The molecule has 0 saturated carbocycles. The molecule has 1 unspecified atom stereocenters. The van der Waals surface area contributed by atoms with Crippen LogP contribution in [0, 0.1) is 0 Å². The lowest BCUT2D eigenvalue weighted by molar-refractivity contribution is 0.336. The molecular formula is C21H28ClN5O. The molecule has 150 valence electrons. The Bertz CT molecular complexity index is 798. The van der Waals surface area contributed by atoms with E-state index in [1.807, 2.05) is 37.3 Å². The molecule has 0 bridgehead atoms. The standard InChI is InChI=1S/C21H28ClN5O/c1-3-28-19-9-5-4-7-16(19)10-13-25-21(23-2)26-17-11-14-27(15-17)20-18(22)8-6-12-24-20/h4-9,12,17H,3,10-11,13-15H2,1-2H3,(H2,23,25,26). The van der Waals surface area contributed by atoms with Crippen molar-refractivity contribution in [1.29, 1.82) is 0 Å². The Labute approximate surface area is 172 Å². The molecule has 1 aliphatic heterocycles. The van der Waals surface area contributed by atoms with Gasteiger partial charge in [-0.15, -0.1) is 0 Å². The van der Waals surface area contributed by atoms with Gasteiger partial charge in [0.15, 0.2) is 5.96 Å². The first-order chi connectivity index (χ1) is 13.7. The van der Waals surface area contributed by atoms with Crippen LogP contribution in [0.25, 0.3) is 0 Å². The first kappa shape index (κ1) is 20.3. The highest BCUT2D eigenvalue weighted by Gasteiger charge is 2.25. The number of hydrogen-bond donors (Lipinski definition) is 2. The molecular weight excluding hydrogens is 374 g/mol. The van der Waals surface area contributed by atoms with Crippen LogP contribution in [0.2, 0.25) is 5.02 Å². The molecule has 1 aromatic carbocycles. The Morgan fingerprint density at radius 1 is 1.32 bits per heavy atom. The molecule has 1 atom stereocenters. The maximum Gasteiger partial charge on any atom is 0.191 e. The van der Waals surface area contributed by atoms with Gasteiger partial charge in [-0.1, -0.05) is 29.8 Å². The third kappa shape index (κ3) is 5.29. The summed E-state index contributed by atoms with van der Waals surface area (Å²) < 4.78 is 5.70. The molecule has 0 amide bonds. The van der Waals surface area contributed by atoms with Crippen molar-refractivity contribution >= 4 is 23.4 Å². The van der Waals surface area contributed by atoms with Crippen molar-refractivity contribution in [2.24, 2.45) is 4.99 Å². The lowest BCUT2D eigenvalue weighted by Gasteiger charge is -2.20. The Balaban J connectivity index is 1.49. The minimum atomic E-state index is 0.306. The average molecular weight is 402 g/mol. The predicted octanol–water partition coefficient (Wildman–Crippen LogP) is 3.12. The summed E-state index contributed by atoms with van der Waals surface area (Å²) in [6, 6.07) is 12.2. The van der Waals surface area contributed by atoms with Crippen LogP contribution in [-0.2, 0) is 6.42 Å². The van der Waals surface area contributed by atoms with Gasteiger partial charge in [-0.25, -0.2) is 4.98 Å². The number of aliphatic imine (C=N–C) groups is 1. The van der Waals surface area contributed by atoms with E-state index in [0.29, 0.717) is 17.7 Å². The summed E-state index contributed by atoms with van der Waals surface area (Å²) in [4.78, 5) is 11.0. The topological polar surface area (TPSA) is 61.8 Å². The van der Waals surface area contributed by atoms with Crippen molar-refractivity contribution in [1.82, 2.24) is 15.6 Å². The zero-order valence-corrected chi connectivity index (χ0v) is 17.2. The summed E-state index contributed by atoms with van der Waals surface area (Å²) in [5, 5.41) is 7.60. The number of para-hydroxylation sites is 1. The number of nitrogens with zero attached hydrogens (tertiary/aromatic N) is 3. The van der Waals surface area contributed by atoms with Gasteiger partial charge < -0.3 is 20.3 Å². The first-order valence-corrected chi connectivity index (χ1v) is 10.1. The van der Waals surface area contributed by atoms with Crippen LogP contribution in [-0.4, -0.2) is 50.3 Å². The van der Waals surface area contributed by atoms with Crippen molar-refractivity contribution in [3.05, 3.63) is 53.2 Å². The molecule has 1 fully saturated rings. The minimum absolute atomic E-state index is 0.306. The smallest absolute Gasteiger partial charge is 0.191 e. The van der Waals surface area contributed by atoms with Gasteiger partial charge in [-0.2, -0.15) is 0 Å². The Hall–Kier alpha value is -2.47. The van der Waals surface area contributed by atoms with E-state index in [1.54, 1.807) is 13.2 Å². The number of hydrogen-bond acceptors (Lipinski definition) is 4. The third-order valence-corrected chi connectivity index (χ3v) is 5.05. The van der Waals surface area contributed by atoms with Crippen molar-refractivity contribution in [2.75, 3.05) is 38.2 Å². The monoisotopic (exact) mass is 401 g/mol. The summed E-state index contributed by atoms with van der Waals surface area (Å²) in [6.07, 6.45) is 3.67. The van der Waals surface area contributed by atoms with Gasteiger partial charge in [-0.3, -0.25) is 4.99 Å². The highest BCUT2D eigenvalue weighted by molar-refractivity contribution is 6.32. The Morgan fingerprint density at radius 2 is 2.18 bits per heavy atom. The number of ether oxygens (including phenoxy) is 1. The normalized spacial score (nSPS) is 16.9.